The van der Waals surface area contributed by atoms with Crippen LogP contribution in [0.4, 0.5) is 13.2 Å². The number of hydrogen-bond acceptors (Lipinski definition) is 1. The molecule has 5 heteroatoms. The highest BCUT2D eigenvalue weighted by Crippen LogP contribution is 2.31. The van der Waals surface area contributed by atoms with E-state index in [-0.39, 0.29) is 0 Å². The fourth-order valence-electron chi connectivity index (χ4n) is 1.28. The van der Waals surface area contributed by atoms with Gasteiger partial charge in [0.1, 0.15) is 5.69 Å². The number of halogens is 4. The Morgan fingerprint density at radius 1 is 1.13 bits per heavy atom. The van der Waals surface area contributed by atoms with Gasteiger partial charge in [-0.1, -0.05) is 18.2 Å². The molecule has 1 aromatic carbocycles. The number of rotatable bonds is 0. The second-order valence-electron chi connectivity index (χ2n) is 3.00. The Morgan fingerprint density at radius 3 is 2.47 bits per heavy atom. The molecule has 0 aliphatic heterocycles. The summed E-state index contributed by atoms with van der Waals surface area (Å²) in [4.78, 5) is 3.58. The largest absolute Gasteiger partial charge is 0.433 e. The molecule has 0 N–H and O–H groups in total. The molecule has 0 bridgehead atoms. The number of fused-ring (bicyclic) bond motifs is 1. The SMILES string of the molecule is FC(F)(F)c1cc(I)c2ccccc2n1. The normalized spacial score (nSPS) is 12.0. The van der Waals surface area contributed by atoms with E-state index in [2.05, 4.69) is 4.98 Å². The third-order valence-corrected chi connectivity index (χ3v) is 2.85. The molecule has 0 atom stereocenters. The first-order valence-corrected chi connectivity index (χ1v) is 5.19. The highest BCUT2D eigenvalue weighted by Gasteiger charge is 2.33. The second-order valence-corrected chi connectivity index (χ2v) is 4.17. The number of para-hydroxylation sites is 1. The molecule has 0 saturated heterocycles. The molecule has 0 fully saturated rings. The van der Waals surface area contributed by atoms with Crippen LogP contribution in [0.25, 0.3) is 10.9 Å². The lowest BCUT2D eigenvalue weighted by Crippen LogP contribution is -2.08. The molecule has 0 saturated carbocycles. The quantitative estimate of drug-likeness (QED) is 0.671. The van der Waals surface area contributed by atoms with Gasteiger partial charge in [0.25, 0.3) is 0 Å². The monoisotopic (exact) mass is 323 g/mol. The van der Waals surface area contributed by atoms with E-state index in [1.54, 1.807) is 24.3 Å². The number of hydrogen-bond donors (Lipinski definition) is 0. The van der Waals surface area contributed by atoms with Crippen molar-refractivity contribution in [1.82, 2.24) is 4.98 Å². The van der Waals surface area contributed by atoms with Crippen LogP contribution in [0.2, 0.25) is 0 Å². The standard InChI is InChI=1S/C10H5F3IN/c11-10(12,13)9-5-7(14)6-3-1-2-4-8(6)15-9/h1-5H. The Labute approximate surface area is 97.5 Å². The molecule has 78 valence electrons. The molecule has 2 rings (SSSR count). The van der Waals surface area contributed by atoms with Gasteiger partial charge in [-0.25, -0.2) is 4.98 Å². The fraction of sp³-hybridized carbons (Fsp3) is 0.100. The van der Waals surface area contributed by atoms with Gasteiger partial charge in [0.2, 0.25) is 0 Å². The number of aromatic nitrogens is 1. The van der Waals surface area contributed by atoms with E-state index >= 15 is 0 Å². The van der Waals surface area contributed by atoms with Gasteiger partial charge in [-0.3, -0.25) is 0 Å². The predicted molar refractivity (Wildman–Crippen MR) is 59.5 cm³/mol. The van der Waals surface area contributed by atoms with Crippen molar-refractivity contribution in [3.05, 3.63) is 39.6 Å². The molecule has 2 aromatic rings. The molecule has 0 amide bonds. The van der Waals surface area contributed by atoms with Crippen LogP contribution < -0.4 is 0 Å². The van der Waals surface area contributed by atoms with Crippen LogP contribution in [0.3, 0.4) is 0 Å². The van der Waals surface area contributed by atoms with Crippen LogP contribution in [0.5, 0.6) is 0 Å². The Kier molecular flexibility index (Phi) is 2.57. The molecule has 0 radical (unpaired) electrons. The molecule has 1 nitrogen and oxygen atoms in total. The molecule has 1 aromatic heterocycles. The summed E-state index contributed by atoms with van der Waals surface area (Å²) in [6.07, 6.45) is -4.38. The topological polar surface area (TPSA) is 12.9 Å². The summed E-state index contributed by atoms with van der Waals surface area (Å²) in [5.74, 6) is 0. The van der Waals surface area contributed by atoms with Gasteiger partial charge >= 0.3 is 6.18 Å². The summed E-state index contributed by atoms with van der Waals surface area (Å²) in [5, 5.41) is 0.742. The molecule has 1 heterocycles. The van der Waals surface area contributed by atoms with Crippen molar-refractivity contribution < 1.29 is 13.2 Å². The van der Waals surface area contributed by atoms with Gasteiger partial charge in [0.05, 0.1) is 5.52 Å². The Morgan fingerprint density at radius 2 is 1.80 bits per heavy atom. The Hall–Kier alpha value is -0.850. The third-order valence-electron chi connectivity index (χ3n) is 1.96. The third kappa shape index (κ3) is 2.06. The molecular formula is C10H5F3IN. The van der Waals surface area contributed by atoms with Crippen molar-refractivity contribution in [2.45, 2.75) is 6.18 Å². The molecule has 0 aliphatic rings. The van der Waals surface area contributed by atoms with Gasteiger partial charge in [-0.2, -0.15) is 13.2 Å². The van der Waals surface area contributed by atoms with Gasteiger partial charge in [0.15, 0.2) is 0 Å². The summed E-state index contributed by atoms with van der Waals surface area (Å²) in [6, 6.07) is 7.84. The lowest BCUT2D eigenvalue weighted by atomic mass is 10.2. The van der Waals surface area contributed by atoms with Crippen LogP contribution in [0.1, 0.15) is 5.69 Å². The van der Waals surface area contributed by atoms with E-state index in [9.17, 15) is 13.2 Å². The van der Waals surface area contributed by atoms with Crippen molar-refractivity contribution in [3.8, 4) is 0 Å². The lowest BCUT2D eigenvalue weighted by Gasteiger charge is -2.08. The van der Waals surface area contributed by atoms with E-state index in [1.807, 2.05) is 22.6 Å². The maximum absolute atomic E-state index is 12.4. The van der Waals surface area contributed by atoms with Crippen LogP contribution in [0.15, 0.2) is 30.3 Å². The molecule has 0 aliphatic carbocycles. The minimum Gasteiger partial charge on any atom is -0.243 e. The van der Waals surface area contributed by atoms with E-state index in [1.165, 1.54) is 0 Å². The maximum Gasteiger partial charge on any atom is 0.433 e. The van der Waals surface area contributed by atoms with E-state index in [0.29, 0.717) is 9.09 Å². The highest BCUT2D eigenvalue weighted by atomic mass is 127. The summed E-state index contributed by atoms with van der Waals surface area (Å²) in [7, 11) is 0. The minimum absolute atomic E-state index is 0.372. The number of nitrogens with zero attached hydrogens (tertiary/aromatic N) is 1. The zero-order valence-electron chi connectivity index (χ0n) is 7.35. The second kappa shape index (κ2) is 3.62. The highest BCUT2D eigenvalue weighted by molar-refractivity contribution is 14.1. The summed E-state index contributed by atoms with van der Waals surface area (Å²) < 4.78 is 37.9. The average molecular weight is 323 g/mol. The van der Waals surface area contributed by atoms with Gasteiger partial charge < -0.3 is 0 Å². The summed E-state index contributed by atoms with van der Waals surface area (Å²) in [5.41, 5.74) is -0.470. The number of benzene rings is 1. The van der Waals surface area contributed by atoms with Crippen LogP contribution >= 0.6 is 22.6 Å². The van der Waals surface area contributed by atoms with Crippen molar-refractivity contribution in [1.29, 1.82) is 0 Å². The van der Waals surface area contributed by atoms with Crippen molar-refractivity contribution in [3.63, 3.8) is 0 Å². The Balaban J connectivity index is 2.73. The van der Waals surface area contributed by atoms with Crippen LogP contribution in [0, 0.1) is 3.57 Å². The maximum atomic E-state index is 12.4. The Bertz CT molecular complexity index is 507. The molecular weight excluding hydrogens is 318 g/mol. The van der Waals surface area contributed by atoms with Crippen molar-refractivity contribution in [2.24, 2.45) is 0 Å². The first-order valence-electron chi connectivity index (χ1n) is 4.11. The van der Waals surface area contributed by atoms with E-state index in [0.717, 1.165) is 11.5 Å². The zero-order chi connectivity index (χ0) is 11.1. The van der Waals surface area contributed by atoms with Crippen LogP contribution in [-0.4, -0.2) is 4.98 Å². The predicted octanol–water partition coefficient (Wildman–Crippen LogP) is 3.86. The smallest absolute Gasteiger partial charge is 0.243 e. The number of pyridine rings is 1. The van der Waals surface area contributed by atoms with Crippen molar-refractivity contribution >= 4 is 33.5 Å². The van der Waals surface area contributed by atoms with Gasteiger partial charge in [-0.05, 0) is 34.7 Å². The van der Waals surface area contributed by atoms with E-state index < -0.39 is 11.9 Å². The molecule has 15 heavy (non-hydrogen) atoms. The average Bonchev–Trinajstić information content (AvgIpc) is 2.16. The molecule has 0 spiro atoms. The first-order chi connectivity index (χ1) is 6.98. The zero-order valence-corrected chi connectivity index (χ0v) is 9.50. The van der Waals surface area contributed by atoms with Crippen molar-refractivity contribution in [2.75, 3.05) is 0 Å². The minimum atomic E-state index is -4.38. The first kappa shape index (κ1) is 10.7. The lowest BCUT2D eigenvalue weighted by molar-refractivity contribution is -0.141. The number of alkyl halides is 3. The summed E-state index contributed by atoms with van der Waals surface area (Å²) >= 11 is 1.88. The molecule has 0 unspecified atom stereocenters. The van der Waals surface area contributed by atoms with Crippen LogP contribution in [-0.2, 0) is 6.18 Å². The summed E-state index contributed by atoms with van der Waals surface area (Å²) in [6.45, 7) is 0. The van der Waals surface area contributed by atoms with E-state index in [4.69, 9.17) is 0 Å². The fourth-order valence-corrected chi connectivity index (χ4v) is 2.03. The van der Waals surface area contributed by atoms with Gasteiger partial charge in [-0.15, -0.1) is 0 Å². The van der Waals surface area contributed by atoms with Gasteiger partial charge in [0, 0.05) is 8.96 Å².